The summed E-state index contributed by atoms with van der Waals surface area (Å²) in [4.78, 5) is 14.5. The van der Waals surface area contributed by atoms with Crippen LogP contribution in [0.3, 0.4) is 0 Å². The highest BCUT2D eigenvalue weighted by Crippen LogP contribution is 2.28. The summed E-state index contributed by atoms with van der Waals surface area (Å²) in [6, 6.07) is 16.1. The molecule has 0 bridgehead atoms. The Balaban J connectivity index is 1.68. The Morgan fingerprint density at radius 3 is 2.47 bits per heavy atom. The van der Waals surface area contributed by atoms with E-state index in [1.165, 1.54) is 5.57 Å². The SMILES string of the molecule is C=C(CC)CCOc1ccc(-c2nc(C3=CCCC=C3)nc(-c3ccccc3)n2)c(C)c1. The van der Waals surface area contributed by atoms with Crippen molar-refractivity contribution in [3.05, 3.63) is 90.3 Å². The summed E-state index contributed by atoms with van der Waals surface area (Å²) in [5, 5.41) is 0. The van der Waals surface area contributed by atoms with Crippen molar-refractivity contribution in [3.8, 4) is 28.5 Å². The van der Waals surface area contributed by atoms with Crippen molar-refractivity contribution >= 4 is 5.57 Å². The van der Waals surface area contributed by atoms with Crippen LogP contribution in [0, 0.1) is 6.92 Å². The molecule has 4 nitrogen and oxygen atoms in total. The lowest BCUT2D eigenvalue weighted by Gasteiger charge is -2.13. The first-order valence-corrected chi connectivity index (χ1v) is 11.2. The minimum absolute atomic E-state index is 0.639. The molecular formula is C28H29N3O. The molecule has 0 saturated carbocycles. The van der Waals surface area contributed by atoms with Crippen molar-refractivity contribution in [2.75, 3.05) is 6.61 Å². The van der Waals surface area contributed by atoms with Crippen LogP contribution in [0.1, 0.15) is 44.0 Å². The molecule has 4 rings (SSSR count). The largest absolute Gasteiger partial charge is 0.493 e. The van der Waals surface area contributed by atoms with Crippen LogP contribution in [0.4, 0.5) is 0 Å². The Hall–Kier alpha value is -3.53. The van der Waals surface area contributed by atoms with Crippen LogP contribution in [-0.4, -0.2) is 21.6 Å². The van der Waals surface area contributed by atoms with E-state index in [0.29, 0.717) is 24.1 Å². The van der Waals surface area contributed by atoms with Gasteiger partial charge in [0.25, 0.3) is 0 Å². The summed E-state index contributed by atoms with van der Waals surface area (Å²) in [7, 11) is 0. The van der Waals surface area contributed by atoms with Crippen LogP contribution in [0.5, 0.6) is 5.75 Å². The molecule has 0 amide bonds. The fourth-order valence-corrected chi connectivity index (χ4v) is 3.59. The van der Waals surface area contributed by atoms with E-state index in [9.17, 15) is 0 Å². The molecule has 2 aromatic carbocycles. The van der Waals surface area contributed by atoms with E-state index in [1.807, 2.05) is 42.5 Å². The molecule has 0 atom stereocenters. The van der Waals surface area contributed by atoms with Crippen LogP contribution in [-0.2, 0) is 0 Å². The maximum absolute atomic E-state index is 5.93. The molecule has 0 aliphatic heterocycles. The Morgan fingerprint density at radius 1 is 0.969 bits per heavy atom. The Morgan fingerprint density at radius 2 is 1.75 bits per heavy atom. The molecule has 32 heavy (non-hydrogen) atoms. The van der Waals surface area contributed by atoms with E-state index in [0.717, 1.165) is 53.7 Å². The minimum atomic E-state index is 0.639. The highest BCUT2D eigenvalue weighted by molar-refractivity contribution is 5.74. The summed E-state index contributed by atoms with van der Waals surface area (Å²) < 4.78 is 5.93. The molecule has 1 aromatic heterocycles. The van der Waals surface area contributed by atoms with Crippen LogP contribution in [0.25, 0.3) is 28.3 Å². The first-order valence-electron chi connectivity index (χ1n) is 11.2. The molecule has 0 radical (unpaired) electrons. The zero-order valence-electron chi connectivity index (χ0n) is 18.8. The molecule has 4 heteroatoms. The minimum Gasteiger partial charge on any atom is -0.493 e. The number of aromatic nitrogens is 3. The van der Waals surface area contributed by atoms with Crippen LogP contribution in [0.15, 0.2) is 78.9 Å². The van der Waals surface area contributed by atoms with Gasteiger partial charge in [0.2, 0.25) is 0 Å². The van der Waals surface area contributed by atoms with Gasteiger partial charge in [-0.05, 0) is 49.9 Å². The number of ether oxygens (including phenoxy) is 1. The van der Waals surface area contributed by atoms with Crippen molar-refractivity contribution in [2.24, 2.45) is 0 Å². The van der Waals surface area contributed by atoms with Gasteiger partial charge in [-0.1, -0.05) is 67.6 Å². The predicted octanol–water partition coefficient (Wildman–Crippen LogP) is 6.98. The normalized spacial score (nSPS) is 13.0. The van der Waals surface area contributed by atoms with E-state index in [-0.39, 0.29) is 0 Å². The molecule has 1 aliphatic carbocycles. The molecule has 0 unspecified atom stereocenters. The van der Waals surface area contributed by atoms with Crippen molar-refractivity contribution in [1.82, 2.24) is 15.0 Å². The van der Waals surface area contributed by atoms with Gasteiger partial charge in [-0.3, -0.25) is 0 Å². The van der Waals surface area contributed by atoms with Crippen LogP contribution >= 0.6 is 0 Å². The predicted molar refractivity (Wildman–Crippen MR) is 131 cm³/mol. The lowest BCUT2D eigenvalue weighted by atomic mass is 10.1. The summed E-state index contributed by atoms with van der Waals surface area (Å²) in [5.74, 6) is 2.92. The van der Waals surface area contributed by atoms with Crippen molar-refractivity contribution < 1.29 is 4.74 Å². The van der Waals surface area contributed by atoms with Gasteiger partial charge in [0.15, 0.2) is 17.5 Å². The molecule has 1 aliphatic rings. The molecule has 0 fully saturated rings. The van der Waals surface area contributed by atoms with Gasteiger partial charge < -0.3 is 4.74 Å². The Bertz CT molecular complexity index is 1160. The molecule has 0 spiro atoms. The van der Waals surface area contributed by atoms with E-state index < -0.39 is 0 Å². The lowest BCUT2D eigenvalue weighted by molar-refractivity contribution is 0.320. The van der Waals surface area contributed by atoms with Crippen molar-refractivity contribution in [1.29, 1.82) is 0 Å². The third-order valence-corrected chi connectivity index (χ3v) is 5.58. The topological polar surface area (TPSA) is 47.9 Å². The van der Waals surface area contributed by atoms with Gasteiger partial charge in [-0.25, -0.2) is 15.0 Å². The molecule has 0 N–H and O–H groups in total. The maximum atomic E-state index is 5.93. The number of nitrogens with zero attached hydrogens (tertiary/aromatic N) is 3. The smallest absolute Gasteiger partial charge is 0.164 e. The summed E-state index contributed by atoms with van der Waals surface area (Å²) in [6.45, 7) is 8.87. The van der Waals surface area contributed by atoms with Gasteiger partial charge in [-0.2, -0.15) is 0 Å². The number of hydrogen-bond donors (Lipinski definition) is 0. The number of allylic oxidation sites excluding steroid dienone is 4. The van der Waals surface area contributed by atoms with Gasteiger partial charge >= 0.3 is 0 Å². The monoisotopic (exact) mass is 423 g/mol. The van der Waals surface area contributed by atoms with E-state index in [2.05, 4.69) is 44.7 Å². The first-order chi connectivity index (χ1) is 15.6. The number of benzene rings is 2. The van der Waals surface area contributed by atoms with Gasteiger partial charge in [0, 0.05) is 23.1 Å². The molecule has 1 heterocycles. The second kappa shape index (κ2) is 10.2. The maximum Gasteiger partial charge on any atom is 0.164 e. The average Bonchev–Trinajstić information content (AvgIpc) is 2.85. The first kappa shape index (κ1) is 21.7. The van der Waals surface area contributed by atoms with Gasteiger partial charge in [-0.15, -0.1) is 0 Å². The van der Waals surface area contributed by atoms with E-state index >= 15 is 0 Å². The average molecular weight is 424 g/mol. The van der Waals surface area contributed by atoms with E-state index in [4.69, 9.17) is 19.7 Å². The van der Waals surface area contributed by atoms with Crippen LogP contribution < -0.4 is 4.74 Å². The van der Waals surface area contributed by atoms with Crippen molar-refractivity contribution in [2.45, 2.75) is 39.5 Å². The van der Waals surface area contributed by atoms with E-state index in [1.54, 1.807) is 0 Å². The van der Waals surface area contributed by atoms with Gasteiger partial charge in [0.1, 0.15) is 5.75 Å². The number of hydrogen-bond acceptors (Lipinski definition) is 4. The van der Waals surface area contributed by atoms with Crippen LogP contribution in [0.2, 0.25) is 0 Å². The molecular weight excluding hydrogens is 394 g/mol. The molecule has 162 valence electrons. The summed E-state index contributed by atoms with van der Waals surface area (Å²) in [5.41, 5.74) is 5.28. The number of rotatable bonds is 8. The Kier molecular flexibility index (Phi) is 6.90. The zero-order valence-corrected chi connectivity index (χ0v) is 18.8. The fourth-order valence-electron chi connectivity index (χ4n) is 3.59. The lowest BCUT2D eigenvalue weighted by Crippen LogP contribution is -2.04. The molecule has 3 aromatic rings. The fraction of sp³-hybridized carbons (Fsp3) is 0.250. The highest BCUT2D eigenvalue weighted by Gasteiger charge is 2.15. The second-order valence-electron chi connectivity index (χ2n) is 7.99. The Labute approximate surface area is 190 Å². The summed E-state index contributed by atoms with van der Waals surface area (Å²) >= 11 is 0. The summed E-state index contributed by atoms with van der Waals surface area (Å²) in [6.07, 6.45) is 10.4. The second-order valence-corrected chi connectivity index (χ2v) is 7.99. The quantitative estimate of drug-likeness (QED) is 0.367. The van der Waals surface area contributed by atoms with Gasteiger partial charge in [0.05, 0.1) is 6.61 Å². The standard InChI is InChI=1S/C28H29N3O/c1-4-20(2)17-18-32-24-15-16-25(21(3)19-24)28-30-26(22-11-7-5-8-12-22)29-27(31-28)23-13-9-6-10-14-23/h5,7-9,11-16,19H,2,4,6,10,17-18H2,1,3H3. The van der Waals surface area contributed by atoms with Crippen molar-refractivity contribution in [3.63, 3.8) is 0 Å². The third-order valence-electron chi connectivity index (χ3n) is 5.58. The highest BCUT2D eigenvalue weighted by atomic mass is 16.5. The zero-order chi connectivity index (χ0) is 22.3. The number of aryl methyl sites for hydroxylation is 1. The third kappa shape index (κ3) is 5.20. The molecule has 0 saturated heterocycles.